The third-order valence-electron chi connectivity index (χ3n) is 4.59. The number of anilines is 1. The van der Waals surface area contributed by atoms with Crippen LogP contribution < -0.4 is 10.1 Å². The Balaban J connectivity index is 1.40. The van der Waals surface area contributed by atoms with Crippen molar-refractivity contribution in [1.82, 2.24) is 0 Å². The van der Waals surface area contributed by atoms with Crippen molar-refractivity contribution in [2.75, 3.05) is 11.9 Å². The third kappa shape index (κ3) is 2.51. The Morgan fingerprint density at radius 2 is 1.95 bits per heavy atom. The molecule has 0 saturated carbocycles. The van der Waals surface area contributed by atoms with Crippen molar-refractivity contribution in [1.29, 1.82) is 0 Å². The van der Waals surface area contributed by atoms with Gasteiger partial charge in [-0.2, -0.15) is 0 Å². The molecule has 2 heteroatoms. The maximum atomic E-state index is 6.01. The van der Waals surface area contributed by atoms with Crippen molar-refractivity contribution in [2.24, 2.45) is 0 Å². The lowest BCUT2D eigenvalue weighted by Crippen LogP contribution is -2.23. The van der Waals surface area contributed by atoms with Crippen LogP contribution in [0.4, 0.5) is 5.69 Å². The third-order valence-corrected chi connectivity index (χ3v) is 4.59. The average molecular weight is 279 g/mol. The maximum Gasteiger partial charge on any atom is 0.123 e. The molecular weight excluding hydrogens is 258 g/mol. The Kier molecular flexibility index (Phi) is 3.10. The highest BCUT2D eigenvalue weighted by Gasteiger charge is 2.22. The summed E-state index contributed by atoms with van der Waals surface area (Å²) >= 11 is 0. The summed E-state index contributed by atoms with van der Waals surface area (Å²) in [6.45, 7) is 3.00. The molecule has 0 radical (unpaired) electrons. The molecule has 1 heterocycles. The number of nitrogens with one attached hydrogen (secondary N) is 1. The van der Waals surface area contributed by atoms with Crippen LogP contribution in [-0.4, -0.2) is 12.6 Å². The Bertz CT molecular complexity index is 677. The van der Waals surface area contributed by atoms with Gasteiger partial charge in [-0.1, -0.05) is 23.8 Å². The van der Waals surface area contributed by atoms with Gasteiger partial charge in [0.25, 0.3) is 0 Å². The van der Waals surface area contributed by atoms with Crippen molar-refractivity contribution in [3.63, 3.8) is 0 Å². The summed E-state index contributed by atoms with van der Waals surface area (Å²) in [7, 11) is 0. The summed E-state index contributed by atoms with van der Waals surface area (Å²) in [6, 6.07) is 13.3. The zero-order valence-electron chi connectivity index (χ0n) is 12.5. The van der Waals surface area contributed by atoms with E-state index < -0.39 is 0 Å². The summed E-state index contributed by atoms with van der Waals surface area (Å²) in [5, 5.41) is 3.54. The lowest BCUT2D eigenvalue weighted by Gasteiger charge is -2.13. The number of fused-ring (bicyclic) bond motifs is 2. The van der Waals surface area contributed by atoms with Gasteiger partial charge in [0, 0.05) is 12.1 Å². The lowest BCUT2D eigenvalue weighted by atomic mass is 10.1. The predicted octanol–water partition coefficient (Wildman–Crippen LogP) is 3.90. The number of hydrogen-bond acceptors (Lipinski definition) is 2. The number of hydrogen-bond donors (Lipinski definition) is 1. The van der Waals surface area contributed by atoms with Crippen LogP contribution in [0.15, 0.2) is 36.4 Å². The van der Waals surface area contributed by atoms with Crippen LogP contribution in [0.25, 0.3) is 0 Å². The molecule has 2 aliphatic rings. The quantitative estimate of drug-likeness (QED) is 0.920. The first-order valence-corrected chi connectivity index (χ1v) is 7.90. The number of rotatable bonds is 3. The van der Waals surface area contributed by atoms with Crippen LogP contribution in [0.3, 0.4) is 0 Å². The number of ether oxygens (including phenoxy) is 1. The van der Waals surface area contributed by atoms with Gasteiger partial charge in [0.1, 0.15) is 11.9 Å². The normalized spacial score (nSPS) is 19.0. The molecule has 2 aromatic carbocycles. The zero-order chi connectivity index (χ0) is 14.2. The fourth-order valence-electron chi connectivity index (χ4n) is 3.48. The molecule has 108 valence electrons. The number of benzene rings is 2. The first kappa shape index (κ1) is 12.8. The van der Waals surface area contributed by atoms with Gasteiger partial charge < -0.3 is 10.1 Å². The van der Waals surface area contributed by atoms with E-state index >= 15 is 0 Å². The van der Waals surface area contributed by atoms with Gasteiger partial charge in [-0.05, 0) is 61.1 Å². The topological polar surface area (TPSA) is 21.3 Å². The average Bonchev–Trinajstić information content (AvgIpc) is 3.09. The van der Waals surface area contributed by atoms with Crippen molar-refractivity contribution in [3.05, 3.63) is 58.7 Å². The van der Waals surface area contributed by atoms with Crippen LogP contribution in [0, 0.1) is 6.92 Å². The van der Waals surface area contributed by atoms with E-state index in [0.717, 1.165) is 18.7 Å². The Morgan fingerprint density at radius 1 is 1.05 bits per heavy atom. The van der Waals surface area contributed by atoms with Gasteiger partial charge in [0.05, 0.1) is 6.54 Å². The van der Waals surface area contributed by atoms with Gasteiger partial charge in [-0.15, -0.1) is 0 Å². The molecule has 1 aliphatic carbocycles. The highest BCUT2D eigenvalue weighted by atomic mass is 16.5. The van der Waals surface area contributed by atoms with Crippen LogP contribution >= 0.6 is 0 Å². The fourth-order valence-corrected chi connectivity index (χ4v) is 3.48. The molecular formula is C19H21NO. The van der Waals surface area contributed by atoms with E-state index in [0.29, 0.717) is 0 Å². The van der Waals surface area contributed by atoms with Gasteiger partial charge >= 0.3 is 0 Å². The fraction of sp³-hybridized carbons (Fsp3) is 0.368. The van der Waals surface area contributed by atoms with Crippen molar-refractivity contribution in [3.8, 4) is 5.75 Å². The van der Waals surface area contributed by atoms with E-state index in [1.807, 2.05) is 0 Å². The molecule has 1 atom stereocenters. The van der Waals surface area contributed by atoms with E-state index in [1.54, 1.807) is 0 Å². The largest absolute Gasteiger partial charge is 0.488 e. The van der Waals surface area contributed by atoms with Gasteiger partial charge in [-0.3, -0.25) is 0 Å². The second-order valence-electron chi connectivity index (χ2n) is 6.27. The molecule has 0 spiro atoms. The minimum absolute atomic E-state index is 0.245. The molecule has 0 fully saturated rings. The molecule has 4 rings (SSSR count). The standard InChI is InChI=1S/C19H21NO/c1-13-5-8-19-16(9-13)11-18(21-19)12-20-17-7-6-14-3-2-4-15(14)10-17/h5-10,18,20H,2-4,11-12H2,1H3. The second-order valence-corrected chi connectivity index (χ2v) is 6.27. The first-order chi connectivity index (χ1) is 10.3. The summed E-state index contributed by atoms with van der Waals surface area (Å²) in [4.78, 5) is 0. The number of aryl methyl sites for hydroxylation is 3. The van der Waals surface area contributed by atoms with Gasteiger partial charge in [-0.25, -0.2) is 0 Å². The van der Waals surface area contributed by atoms with E-state index in [9.17, 15) is 0 Å². The van der Waals surface area contributed by atoms with Gasteiger partial charge in [0.15, 0.2) is 0 Å². The summed E-state index contributed by atoms with van der Waals surface area (Å²) in [5.74, 6) is 1.06. The van der Waals surface area contributed by atoms with E-state index in [4.69, 9.17) is 4.74 Å². The molecule has 1 N–H and O–H groups in total. The molecule has 1 unspecified atom stereocenters. The Hall–Kier alpha value is -1.96. The van der Waals surface area contributed by atoms with Crippen molar-refractivity contribution in [2.45, 2.75) is 38.7 Å². The molecule has 2 aromatic rings. The van der Waals surface area contributed by atoms with Crippen molar-refractivity contribution < 1.29 is 4.74 Å². The van der Waals surface area contributed by atoms with Crippen LogP contribution in [0.5, 0.6) is 5.75 Å². The monoisotopic (exact) mass is 279 g/mol. The summed E-state index contributed by atoms with van der Waals surface area (Å²) in [5.41, 5.74) is 6.93. The lowest BCUT2D eigenvalue weighted by molar-refractivity contribution is 0.246. The molecule has 0 aromatic heterocycles. The predicted molar refractivity (Wildman–Crippen MR) is 86.3 cm³/mol. The summed E-state index contributed by atoms with van der Waals surface area (Å²) in [6.07, 6.45) is 5.04. The molecule has 0 amide bonds. The highest BCUT2D eigenvalue weighted by molar-refractivity contribution is 5.50. The molecule has 21 heavy (non-hydrogen) atoms. The maximum absolute atomic E-state index is 6.01. The molecule has 0 bridgehead atoms. The molecule has 0 saturated heterocycles. The smallest absolute Gasteiger partial charge is 0.123 e. The first-order valence-electron chi connectivity index (χ1n) is 7.90. The highest BCUT2D eigenvalue weighted by Crippen LogP contribution is 2.30. The molecule has 1 aliphatic heterocycles. The summed E-state index contributed by atoms with van der Waals surface area (Å²) < 4.78 is 6.01. The SMILES string of the molecule is Cc1ccc2c(c1)CC(CNc1ccc3c(c1)CCC3)O2. The Morgan fingerprint density at radius 3 is 2.90 bits per heavy atom. The van der Waals surface area contributed by atoms with E-state index in [1.165, 1.54) is 47.2 Å². The minimum Gasteiger partial charge on any atom is -0.488 e. The Labute approximate surface area is 126 Å². The minimum atomic E-state index is 0.245. The molecule has 2 nitrogen and oxygen atoms in total. The second kappa shape index (κ2) is 5.10. The van der Waals surface area contributed by atoms with E-state index in [-0.39, 0.29) is 6.10 Å². The van der Waals surface area contributed by atoms with Crippen molar-refractivity contribution >= 4 is 5.69 Å². The van der Waals surface area contributed by atoms with E-state index in [2.05, 4.69) is 48.6 Å². The van der Waals surface area contributed by atoms with Crippen LogP contribution in [0.2, 0.25) is 0 Å². The van der Waals surface area contributed by atoms with Gasteiger partial charge in [0.2, 0.25) is 0 Å². The zero-order valence-corrected chi connectivity index (χ0v) is 12.5. The van der Waals surface area contributed by atoms with Crippen LogP contribution in [-0.2, 0) is 19.3 Å². The van der Waals surface area contributed by atoms with Crippen LogP contribution in [0.1, 0.15) is 28.7 Å².